The maximum atomic E-state index is 12.2. The zero-order valence-corrected chi connectivity index (χ0v) is 15.3. The average molecular weight is 359 g/mol. The van der Waals surface area contributed by atoms with Gasteiger partial charge in [-0.05, 0) is 67.5 Å². The summed E-state index contributed by atoms with van der Waals surface area (Å²) in [5.41, 5.74) is 6.77. The van der Waals surface area contributed by atoms with E-state index in [0.29, 0.717) is 5.69 Å². The van der Waals surface area contributed by atoms with Crippen molar-refractivity contribution >= 4 is 21.7 Å². The number of pyridine rings is 1. The Labute approximate surface area is 147 Å². The van der Waals surface area contributed by atoms with Crippen molar-refractivity contribution in [2.45, 2.75) is 33.1 Å². The predicted molar refractivity (Wildman–Crippen MR) is 98.2 cm³/mol. The Hall–Kier alpha value is -2.41. The fourth-order valence-electron chi connectivity index (χ4n) is 3.41. The molecule has 0 radical (unpaired) electrons. The van der Waals surface area contributed by atoms with Crippen molar-refractivity contribution in [2.24, 2.45) is 0 Å². The SMILES string of the molecule is Cc1cc(-c2c(C)cc3c(c2NC(=O)NS(C)(=O)=O)CCC3)ccn1. The van der Waals surface area contributed by atoms with Gasteiger partial charge in [0.1, 0.15) is 0 Å². The smallest absolute Gasteiger partial charge is 0.306 e. The van der Waals surface area contributed by atoms with Crippen molar-refractivity contribution in [3.63, 3.8) is 0 Å². The Kier molecular flexibility index (Phi) is 4.51. The Morgan fingerprint density at radius 1 is 1.20 bits per heavy atom. The second-order valence-corrected chi connectivity index (χ2v) is 8.20. The number of amides is 2. The summed E-state index contributed by atoms with van der Waals surface area (Å²) in [6.07, 6.45) is 5.55. The standard InChI is InChI=1S/C18H21N3O3S/c1-11-9-13-5-4-6-15(13)17(20-18(22)21-25(3,23)24)16(11)14-7-8-19-12(2)10-14/h7-10H,4-6H2,1-3H3,(H2,20,21,22). The van der Waals surface area contributed by atoms with E-state index < -0.39 is 16.1 Å². The number of aryl methyl sites for hydroxylation is 3. The summed E-state index contributed by atoms with van der Waals surface area (Å²) in [4.78, 5) is 16.4. The van der Waals surface area contributed by atoms with Gasteiger partial charge in [-0.15, -0.1) is 0 Å². The van der Waals surface area contributed by atoms with Gasteiger partial charge >= 0.3 is 6.03 Å². The Morgan fingerprint density at radius 2 is 1.96 bits per heavy atom. The van der Waals surface area contributed by atoms with E-state index in [-0.39, 0.29) is 0 Å². The first kappa shape index (κ1) is 17.4. The molecule has 25 heavy (non-hydrogen) atoms. The van der Waals surface area contributed by atoms with Crippen LogP contribution < -0.4 is 10.0 Å². The summed E-state index contributed by atoms with van der Waals surface area (Å²) in [5.74, 6) is 0. The first-order valence-corrected chi connectivity index (χ1v) is 10.0. The number of nitrogens with one attached hydrogen (secondary N) is 2. The zero-order valence-electron chi connectivity index (χ0n) is 14.5. The minimum absolute atomic E-state index is 0.694. The number of hydrogen-bond acceptors (Lipinski definition) is 4. The predicted octanol–water partition coefficient (Wildman–Crippen LogP) is 2.94. The molecule has 0 fully saturated rings. The van der Waals surface area contributed by atoms with Crippen LogP contribution >= 0.6 is 0 Å². The number of benzene rings is 1. The number of sulfonamides is 1. The maximum Gasteiger partial charge on any atom is 0.332 e. The largest absolute Gasteiger partial charge is 0.332 e. The summed E-state index contributed by atoms with van der Waals surface area (Å²) in [7, 11) is -3.62. The summed E-state index contributed by atoms with van der Waals surface area (Å²) >= 11 is 0. The lowest BCUT2D eigenvalue weighted by atomic mass is 9.93. The molecule has 1 aliphatic carbocycles. The van der Waals surface area contributed by atoms with Crippen molar-refractivity contribution in [1.82, 2.24) is 9.71 Å². The van der Waals surface area contributed by atoms with Crippen LogP contribution in [0.25, 0.3) is 11.1 Å². The summed E-state index contributed by atoms with van der Waals surface area (Å²) in [5, 5.41) is 2.78. The molecule has 0 spiro atoms. The van der Waals surface area contributed by atoms with E-state index >= 15 is 0 Å². The van der Waals surface area contributed by atoms with Gasteiger partial charge < -0.3 is 5.32 Å². The van der Waals surface area contributed by atoms with E-state index in [1.54, 1.807) is 6.20 Å². The van der Waals surface area contributed by atoms with Crippen LogP contribution in [0.5, 0.6) is 0 Å². The second kappa shape index (κ2) is 6.48. The van der Waals surface area contributed by atoms with Crippen molar-refractivity contribution < 1.29 is 13.2 Å². The van der Waals surface area contributed by atoms with E-state index in [1.165, 1.54) is 5.56 Å². The van der Waals surface area contributed by atoms with E-state index in [1.807, 2.05) is 30.7 Å². The molecule has 1 aromatic heterocycles. The van der Waals surface area contributed by atoms with Gasteiger partial charge in [-0.25, -0.2) is 17.9 Å². The lowest BCUT2D eigenvalue weighted by Crippen LogP contribution is -2.34. The van der Waals surface area contributed by atoms with Crippen LogP contribution in [0.15, 0.2) is 24.4 Å². The number of hydrogen-bond donors (Lipinski definition) is 2. The first-order valence-electron chi connectivity index (χ1n) is 8.12. The molecule has 0 atom stereocenters. The van der Waals surface area contributed by atoms with Crippen molar-refractivity contribution in [1.29, 1.82) is 0 Å². The summed E-state index contributed by atoms with van der Waals surface area (Å²) < 4.78 is 24.7. The lowest BCUT2D eigenvalue weighted by Gasteiger charge is -2.19. The highest BCUT2D eigenvalue weighted by Crippen LogP contribution is 2.40. The highest BCUT2D eigenvalue weighted by atomic mass is 32.2. The summed E-state index contributed by atoms with van der Waals surface area (Å²) in [6.45, 7) is 3.92. The van der Waals surface area contributed by atoms with Crippen molar-refractivity contribution in [3.8, 4) is 11.1 Å². The average Bonchev–Trinajstić information content (AvgIpc) is 2.93. The number of nitrogens with zero attached hydrogens (tertiary/aromatic N) is 1. The number of aromatic nitrogens is 1. The zero-order chi connectivity index (χ0) is 18.2. The third-order valence-corrected chi connectivity index (χ3v) is 4.86. The molecule has 1 aliphatic rings. The van der Waals surface area contributed by atoms with Gasteiger partial charge in [0.25, 0.3) is 0 Å². The maximum absolute atomic E-state index is 12.2. The molecule has 7 heteroatoms. The first-order chi connectivity index (χ1) is 11.7. The van der Waals surface area contributed by atoms with Gasteiger partial charge in [0.2, 0.25) is 10.0 Å². The lowest BCUT2D eigenvalue weighted by molar-refractivity contribution is 0.256. The molecule has 0 bridgehead atoms. The van der Waals surface area contributed by atoms with Crippen LogP contribution in [0.3, 0.4) is 0 Å². The topological polar surface area (TPSA) is 88.2 Å². The van der Waals surface area contributed by atoms with Crippen LogP contribution in [-0.2, 0) is 22.9 Å². The van der Waals surface area contributed by atoms with Crippen LogP contribution in [0.1, 0.15) is 28.8 Å². The van der Waals surface area contributed by atoms with Crippen LogP contribution in [-0.4, -0.2) is 25.7 Å². The van der Waals surface area contributed by atoms with Crippen molar-refractivity contribution in [2.75, 3.05) is 11.6 Å². The van der Waals surface area contributed by atoms with Gasteiger partial charge in [-0.2, -0.15) is 0 Å². The Bertz CT molecular complexity index is 952. The van der Waals surface area contributed by atoms with E-state index in [9.17, 15) is 13.2 Å². The number of anilines is 1. The fourth-order valence-corrected chi connectivity index (χ4v) is 3.80. The molecule has 1 heterocycles. The number of carbonyl (C=O) groups is 1. The Morgan fingerprint density at radius 3 is 2.64 bits per heavy atom. The second-order valence-electron chi connectivity index (χ2n) is 6.45. The van der Waals surface area contributed by atoms with Gasteiger partial charge in [-0.3, -0.25) is 4.98 Å². The normalized spacial score (nSPS) is 13.4. The monoisotopic (exact) mass is 359 g/mol. The molecular formula is C18H21N3O3S. The molecule has 0 unspecified atom stereocenters. The highest BCUT2D eigenvalue weighted by molar-refractivity contribution is 7.89. The van der Waals surface area contributed by atoms with Crippen LogP contribution in [0, 0.1) is 13.8 Å². The molecule has 2 aromatic rings. The molecule has 0 saturated heterocycles. The molecule has 2 amide bonds. The van der Waals surface area contributed by atoms with E-state index in [0.717, 1.165) is 53.5 Å². The molecule has 0 aliphatic heterocycles. The minimum atomic E-state index is -3.62. The number of carbonyl (C=O) groups excluding carboxylic acids is 1. The van der Waals surface area contributed by atoms with Crippen LogP contribution in [0.2, 0.25) is 0 Å². The fraction of sp³-hybridized carbons (Fsp3) is 0.333. The molecule has 1 aromatic carbocycles. The third-order valence-electron chi connectivity index (χ3n) is 4.30. The number of rotatable bonds is 3. The molecule has 3 rings (SSSR count). The van der Waals surface area contributed by atoms with Crippen LogP contribution in [0.4, 0.5) is 10.5 Å². The summed E-state index contributed by atoms with van der Waals surface area (Å²) in [6, 6.07) is 5.28. The Balaban J connectivity index is 2.13. The molecule has 0 saturated carbocycles. The van der Waals surface area contributed by atoms with Gasteiger partial charge in [-0.1, -0.05) is 6.07 Å². The molecular weight excluding hydrogens is 338 g/mol. The number of fused-ring (bicyclic) bond motifs is 1. The number of urea groups is 1. The third kappa shape index (κ3) is 3.82. The quantitative estimate of drug-likeness (QED) is 0.882. The van der Waals surface area contributed by atoms with Gasteiger partial charge in [0, 0.05) is 17.5 Å². The van der Waals surface area contributed by atoms with E-state index in [2.05, 4.69) is 16.4 Å². The molecule has 6 nitrogen and oxygen atoms in total. The molecule has 132 valence electrons. The van der Waals surface area contributed by atoms with Gasteiger partial charge in [0.15, 0.2) is 0 Å². The highest BCUT2D eigenvalue weighted by Gasteiger charge is 2.23. The minimum Gasteiger partial charge on any atom is -0.306 e. The van der Waals surface area contributed by atoms with Gasteiger partial charge in [0.05, 0.1) is 11.9 Å². The van der Waals surface area contributed by atoms with Crippen molar-refractivity contribution in [3.05, 3.63) is 46.8 Å². The van der Waals surface area contributed by atoms with E-state index in [4.69, 9.17) is 0 Å². The molecule has 2 N–H and O–H groups in total.